The molecule has 0 spiro atoms. The van der Waals surface area contributed by atoms with E-state index in [0.29, 0.717) is 42.8 Å². The monoisotopic (exact) mass is 717 g/mol. The number of aliphatic imine (C=N–C) groups is 1. The third kappa shape index (κ3) is 8.90. The van der Waals surface area contributed by atoms with Crippen molar-refractivity contribution >= 4 is 51.0 Å². The van der Waals surface area contributed by atoms with E-state index in [9.17, 15) is 9.90 Å². The molecule has 0 radical (unpaired) electrons. The number of thiazole rings is 1. The van der Waals surface area contributed by atoms with Gasteiger partial charge in [-0.2, -0.15) is 0 Å². The highest BCUT2D eigenvalue weighted by molar-refractivity contribution is 8.17. The molecule has 14 heteroatoms. The van der Waals surface area contributed by atoms with Gasteiger partial charge >= 0.3 is 5.97 Å². The second-order valence-corrected chi connectivity index (χ2v) is 15.2. The second kappa shape index (κ2) is 16.9. The van der Waals surface area contributed by atoms with Crippen molar-refractivity contribution in [2.24, 2.45) is 4.99 Å². The Morgan fingerprint density at radius 1 is 1.14 bits per heavy atom. The lowest BCUT2D eigenvalue weighted by atomic mass is 9.97. The number of anilines is 3. The Hall–Kier alpha value is -3.82. The van der Waals surface area contributed by atoms with E-state index in [1.807, 2.05) is 24.1 Å². The maximum atomic E-state index is 12.4. The maximum absolute atomic E-state index is 12.4. The molecule has 3 aromatic rings. The van der Waals surface area contributed by atoms with Gasteiger partial charge in [0.15, 0.2) is 27.6 Å². The van der Waals surface area contributed by atoms with Crippen LogP contribution in [0.5, 0.6) is 5.75 Å². The Bertz CT molecular complexity index is 1740. The SMILES string of the molecule is CNCCNC1Cc2c(nnc(NC3=NC4CC=CC=C4S3)c2C)N(c2nc(C(=O)O)c(CCCOc3ccc(CCCN(C)C)cc3)s2)C1. The fraction of sp³-hybridized carbons (Fsp3) is 0.472. The number of hydrogen-bond acceptors (Lipinski definition) is 13. The number of aryl methyl sites for hydroxylation is 2. The number of aromatic carboxylic acids is 1. The summed E-state index contributed by atoms with van der Waals surface area (Å²) in [5.74, 6) is 1.19. The molecule has 2 unspecified atom stereocenters. The van der Waals surface area contributed by atoms with Crippen molar-refractivity contribution in [2.75, 3.05) is 64.1 Å². The molecule has 4 N–H and O–H groups in total. The zero-order valence-corrected chi connectivity index (χ0v) is 30.9. The van der Waals surface area contributed by atoms with E-state index < -0.39 is 5.97 Å². The maximum Gasteiger partial charge on any atom is 0.355 e. The summed E-state index contributed by atoms with van der Waals surface area (Å²) in [5.41, 5.74) is 3.44. The summed E-state index contributed by atoms with van der Waals surface area (Å²) < 4.78 is 6.02. The summed E-state index contributed by atoms with van der Waals surface area (Å²) in [5, 5.41) is 31.2. The van der Waals surface area contributed by atoms with Crippen molar-refractivity contribution in [3.8, 4) is 5.75 Å². The number of fused-ring (bicyclic) bond motifs is 2. The topological polar surface area (TPSA) is 140 Å². The van der Waals surface area contributed by atoms with E-state index in [1.54, 1.807) is 11.8 Å². The highest BCUT2D eigenvalue weighted by Gasteiger charge is 2.33. The van der Waals surface area contributed by atoms with E-state index in [4.69, 9.17) is 14.8 Å². The van der Waals surface area contributed by atoms with Gasteiger partial charge in [-0.1, -0.05) is 42.1 Å². The third-order valence-corrected chi connectivity index (χ3v) is 11.2. The standard InChI is InChI=1S/C36H47N9O3S2/c1-23-27-21-25(38-18-17-37-2)22-45(33(27)43-42-32(23)41-35-39-28-10-5-6-11-29(28)49-35)36-40-31(34(46)47)30(50-36)12-8-20-48-26-15-13-24(14-16-26)9-7-19-44(3)4/h5-6,11,13-16,25,28,37-38H,7-10,12,17-22H2,1-4H3,(H,46,47)(H,39,41,42). The number of nitrogens with zero attached hydrogens (tertiary/aromatic N) is 6. The molecule has 6 rings (SSSR count). The second-order valence-electron chi connectivity index (χ2n) is 13.0. The van der Waals surface area contributed by atoms with Crippen LogP contribution >= 0.6 is 23.1 Å². The number of ether oxygens (including phenoxy) is 1. The molecule has 0 bridgehead atoms. The Morgan fingerprint density at radius 3 is 2.74 bits per heavy atom. The number of allylic oxidation sites excluding steroid dienone is 2. The molecule has 2 aromatic heterocycles. The van der Waals surface area contributed by atoms with Crippen LogP contribution in [-0.4, -0.2) is 102 Å². The molecule has 2 aliphatic heterocycles. The van der Waals surface area contributed by atoms with Gasteiger partial charge in [0.1, 0.15) is 5.75 Å². The lowest BCUT2D eigenvalue weighted by Crippen LogP contribution is -2.46. The number of benzene rings is 1. The summed E-state index contributed by atoms with van der Waals surface area (Å²) in [6.45, 7) is 5.84. The van der Waals surface area contributed by atoms with Gasteiger partial charge in [-0.15, -0.1) is 21.5 Å². The molecule has 1 aliphatic carbocycles. The number of aromatic nitrogens is 3. The average molecular weight is 718 g/mol. The molecule has 0 saturated heterocycles. The molecule has 1 aromatic carbocycles. The summed E-state index contributed by atoms with van der Waals surface area (Å²) >= 11 is 3.05. The quantitative estimate of drug-likeness (QED) is 0.148. The van der Waals surface area contributed by atoms with Gasteiger partial charge in [0.05, 0.1) is 12.6 Å². The molecule has 2 atom stereocenters. The summed E-state index contributed by atoms with van der Waals surface area (Å²) in [6, 6.07) is 8.54. The van der Waals surface area contributed by atoms with Crippen LogP contribution in [-0.2, 0) is 19.3 Å². The molecule has 0 amide bonds. The predicted octanol–water partition coefficient (Wildman–Crippen LogP) is 5.04. The summed E-state index contributed by atoms with van der Waals surface area (Å²) in [6.07, 6.45) is 11.4. The van der Waals surface area contributed by atoms with Crippen LogP contribution in [0.25, 0.3) is 0 Å². The van der Waals surface area contributed by atoms with Crippen LogP contribution in [0.2, 0.25) is 0 Å². The minimum absolute atomic E-state index is 0.0865. The molecule has 266 valence electrons. The normalized spacial score (nSPS) is 18.1. The smallest absolute Gasteiger partial charge is 0.355 e. The number of amidine groups is 1. The van der Waals surface area contributed by atoms with Gasteiger partial charge < -0.3 is 30.7 Å². The molecule has 3 aliphatic rings. The van der Waals surface area contributed by atoms with Gasteiger partial charge in [0, 0.05) is 46.6 Å². The first-order valence-electron chi connectivity index (χ1n) is 17.3. The lowest BCUT2D eigenvalue weighted by Gasteiger charge is -2.34. The zero-order chi connectivity index (χ0) is 35.0. The fourth-order valence-corrected chi connectivity index (χ4v) is 8.36. The van der Waals surface area contributed by atoms with Gasteiger partial charge in [-0.3, -0.25) is 9.89 Å². The molecule has 0 fully saturated rings. The van der Waals surface area contributed by atoms with E-state index in [1.165, 1.54) is 21.8 Å². The number of carbonyl (C=O) groups is 1. The molecule has 4 heterocycles. The number of nitrogens with one attached hydrogen (secondary N) is 3. The van der Waals surface area contributed by atoms with Gasteiger partial charge in [0.2, 0.25) is 0 Å². The number of carboxylic acid groups (broad SMARTS) is 1. The highest BCUT2D eigenvalue weighted by Crippen LogP contribution is 2.40. The van der Waals surface area contributed by atoms with Gasteiger partial charge in [-0.05, 0) is 90.8 Å². The molecular formula is C36H47N9O3S2. The van der Waals surface area contributed by atoms with Crippen LogP contribution in [0.1, 0.15) is 51.3 Å². The van der Waals surface area contributed by atoms with Crippen molar-refractivity contribution in [2.45, 2.75) is 57.5 Å². The first-order chi connectivity index (χ1) is 24.3. The van der Waals surface area contributed by atoms with Crippen LogP contribution in [0.4, 0.5) is 16.8 Å². The van der Waals surface area contributed by atoms with Crippen LogP contribution < -0.4 is 25.6 Å². The van der Waals surface area contributed by atoms with Crippen LogP contribution in [0, 0.1) is 6.92 Å². The first-order valence-corrected chi connectivity index (χ1v) is 18.9. The Balaban J connectivity index is 1.15. The Morgan fingerprint density at radius 2 is 1.98 bits per heavy atom. The van der Waals surface area contributed by atoms with E-state index in [0.717, 1.165) is 72.2 Å². The summed E-state index contributed by atoms with van der Waals surface area (Å²) in [7, 11) is 6.12. The van der Waals surface area contributed by atoms with Crippen molar-refractivity contribution in [3.63, 3.8) is 0 Å². The van der Waals surface area contributed by atoms with E-state index in [-0.39, 0.29) is 17.8 Å². The van der Waals surface area contributed by atoms with Crippen LogP contribution in [0.15, 0.2) is 52.4 Å². The molecule has 0 saturated carbocycles. The van der Waals surface area contributed by atoms with Crippen LogP contribution in [0.3, 0.4) is 0 Å². The Labute approximate surface area is 302 Å². The zero-order valence-electron chi connectivity index (χ0n) is 29.2. The molecular weight excluding hydrogens is 671 g/mol. The number of carboxylic acids is 1. The van der Waals surface area contributed by atoms with Crippen molar-refractivity contribution in [1.82, 2.24) is 30.7 Å². The van der Waals surface area contributed by atoms with Crippen molar-refractivity contribution < 1.29 is 14.6 Å². The van der Waals surface area contributed by atoms with Gasteiger partial charge in [-0.25, -0.2) is 9.78 Å². The van der Waals surface area contributed by atoms with Crippen molar-refractivity contribution in [3.05, 3.63) is 74.7 Å². The summed E-state index contributed by atoms with van der Waals surface area (Å²) in [4.78, 5) is 28.1. The molecule has 50 heavy (non-hydrogen) atoms. The highest BCUT2D eigenvalue weighted by atomic mass is 32.2. The third-order valence-electron chi connectivity index (χ3n) is 8.97. The number of likely N-dealkylation sites (N-methyl/N-ethyl adjacent to an activating group) is 1. The van der Waals surface area contributed by atoms with E-state index >= 15 is 0 Å². The van der Waals surface area contributed by atoms with E-state index in [2.05, 4.69) is 82.3 Å². The van der Waals surface area contributed by atoms with Gasteiger partial charge in [0.25, 0.3) is 0 Å². The lowest BCUT2D eigenvalue weighted by molar-refractivity contribution is 0.0690. The minimum Gasteiger partial charge on any atom is -0.494 e. The van der Waals surface area contributed by atoms with Crippen molar-refractivity contribution in [1.29, 1.82) is 0 Å². The minimum atomic E-state index is -1.03. The largest absolute Gasteiger partial charge is 0.494 e. The Kier molecular flexibility index (Phi) is 12.2. The fourth-order valence-electron chi connectivity index (χ4n) is 6.27. The predicted molar refractivity (Wildman–Crippen MR) is 204 cm³/mol. The number of rotatable bonds is 16. The number of thioether (sulfide) groups is 1. The average Bonchev–Trinajstić information content (AvgIpc) is 3.73. The first kappa shape index (κ1) is 36.0. The molecule has 12 nitrogen and oxygen atoms in total. The number of hydrogen-bond donors (Lipinski definition) is 4.